The molecule has 1 amide bonds. The van der Waals surface area contributed by atoms with Gasteiger partial charge in [-0.1, -0.05) is 0 Å². The summed E-state index contributed by atoms with van der Waals surface area (Å²) in [6.07, 6.45) is 1.14. The average Bonchev–Trinajstić information content (AvgIpc) is 2.60. The standard InChI is InChI=1S/C16H14F2N4O4/c1-2-21-8-10(7-19)14(24)22(16(21)25)9-13(23)20-11-3-5-12(6-4-11)26-15(17)18/h3-6,8,15H,2,9H2,1H3,(H,20,23). The van der Waals surface area contributed by atoms with Crippen LogP contribution in [0.3, 0.4) is 0 Å². The lowest BCUT2D eigenvalue weighted by Crippen LogP contribution is -2.43. The topological polar surface area (TPSA) is 106 Å². The van der Waals surface area contributed by atoms with Crippen LogP contribution < -0.4 is 21.3 Å². The van der Waals surface area contributed by atoms with Crippen LogP contribution in [-0.2, 0) is 17.9 Å². The molecule has 0 fully saturated rings. The fourth-order valence-corrected chi connectivity index (χ4v) is 2.16. The number of carbonyl (C=O) groups excluding carboxylic acids is 1. The summed E-state index contributed by atoms with van der Waals surface area (Å²) in [5.41, 5.74) is -1.57. The van der Waals surface area contributed by atoms with Crippen LogP contribution >= 0.6 is 0 Å². The van der Waals surface area contributed by atoms with Gasteiger partial charge in [-0.3, -0.25) is 14.2 Å². The van der Waals surface area contributed by atoms with Gasteiger partial charge in [0.15, 0.2) is 0 Å². The fraction of sp³-hybridized carbons (Fsp3) is 0.250. The minimum absolute atomic E-state index is 0.0817. The maximum atomic E-state index is 12.2. The van der Waals surface area contributed by atoms with E-state index < -0.39 is 30.3 Å². The van der Waals surface area contributed by atoms with E-state index in [1.807, 2.05) is 0 Å². The van der Waals surface area contributed by atoms with Gasteiger partial charge in [0.05, 0.1) is 0 Å². The summed E-state index contributed by atoms with van der Waals surface area (Å²) < 4.78 is 30.2. The molecule has 0 saturated carbocycles. The number of nitrogens with one attached hydrogen (secondary N) is 1. The SMILES string of the molecule is CCn1cc(C#N)c(=O)n(CC(=O)Nc2ccc(OC(F)F)cc2)c1=O. The number of anilines is 1. The summed E-state index contributed by atoms with van der Waals surface area (Å²) in [7, 11) is 0. The van der Waals surface area contributed by atoms with Crippen LogP contribution in [0.2, 0.25) is 0 Å². The summed E-state index contributed by atoms with van der Waals surface area (Å²) >= 11 is 0. The summed E-state index contributed by atoms with van der Waals surface area (Å²) in [6, 6.07) is 6.80. The molecule has 0 spiro atoms. The first-order valence-electron chi connectivity index (χ1n) is 7.44. The van der Waals surface area contributed by atoms with Gasteiger partial charge in [0.2, 0.25) is 5.91 Å². The van der Waals surface area contributed by atoms with Gasteiger partial charge in [-0.25, -0.2) is 9.36 Å². The zero-order valence-corrected chi connectivity index (χ0v) is 13.6. The third kappa shape index (κ3) is 4.32. The van der Waals surface area contributed by atoms with Gasteiger partial charge in [0.1, 0.15) is 23.9 Å². The second kappa shape index (κ2) is 8.06. The fourth-order valence-electron chi connectivity index (χ4n) is 2.16. The first-order valence-corrected chi connectivity index (χ1v) is 7.44. The molecule has 0 saturated heterocycles. The number of aromatic nitrogens is 2. The van der Waals surface area contributed by atoms with E-state index in [0.717, 1.165) is 10.8 Å². The Kier molecular flexibility index (Phi) is 5.85. The molecule has 1 aromatic carbocycles. The number of amides is 1. The first kappa shape index (κ1) is 18.9. The minimum atomic E-state index is -2.96. The summed E-state index contributed by atoms with van der Waals surface area (Å²) in [5.74, 6) is -0.772. The number of hydrogen-bond donors (Lipinski definition) is 1. The Hall–Kier alpha value is -3.48. The number of halogens is 2. The molecule has 26 heavy (non-hydrogen) atoms. The number of carbonyl (C=O) groups is 1. The maximum Gasteiger partial charge on any atom is 0.387 e. The predicted octanol–water partition coefficient (Wildman–Crippen LogP) is 1.14. The van der Waals surface area contributed by atoms with Crippen molar-refractivity contribution in [1.82, 2.24) is 9.13 Å². The second-order valence-corrected chi connectivity index (χ2v) is 5.07. The summed E-state index contributed by atoms with van der Waals surface area (Å²) in [5, 5.41) is 11.4. The maximum absolute atomic E-state index is 12.2. The van der Waals surface area contributed by atoms with Gasteiger partial charge in [-0.05, 0) is 31.2 Å². The zero-order chi connectivity index (χ0) is 19.3. The third-order valence-corrected chi connectivity index (χ3v) is 3.36. The second-order valence-electron chi connectivity index (χ2n) is 5.07. The van der Waals surface area contributed by atoms with Crippen LogP contribution in [0.15, 0.2) is 40.1 Å². The van der Waals surface area contributed by atoms with Gasteiger partial charge in [0, 0.05) is 18.4 Å². The van der Waals surface area contributed by atoms with E-state index >= 15 is 0 Å². The van der Waals surface area contributed by atoms with Gasteiger partial charge < -0.3 is 10.1 Å². The van der Waals surface area contributed by atoms with E-state index in [4.69, 9.17) is 5.26 Å². The highest BCUT2D eigenvalue weighted by atomic mass is 19.3. The van der Waals surface area contributed by atoms with Crippen molar-refractivity contribution < 1.29 is 18.3 Å². The van der Waals surface area contributed by atoms with Crippen molar-refractivity contribution in [2.45, 2.75) is 26.6 Å². The molecule has 136 valence electrons. The number of ether oxygens (including phenoxy) is 1. The number of alkyl halides is 2. The molecule has 2 rings (SSSR count). The van der Waals surface area contributed by atoms with Gasteiger partial charge >= 0.3 is 12.3 Å². The van der Waals surface area contributed by atoms with E-state index in [1.54, 1.807) is 13.0 Å². The lowest BCUT2D eigenvalue weighted by Gasteiger charge is -2.10. The quantitative estimate of drug-likeness (QED) is 0.827. The highest BCUT2D eigenvalue weighted by Gasteiger charge is 2.14. The smallest absolute Gasteiger partial charge is 0.387 e. The number of rotatable bonds is 6. The molecule has 0 aliphatic rings. The van der Waals surface area contributed by atoms with Crippen molar-refractivity contribution in [1.29, 1.82) is 5.26 Å². The van der Waals surface area contributed by atoms with Crippen LogP contribution in [0.4, 0.5) is 14.5 Å². The molecule has 2 aromatic rings. The molecule has 8 nitrogen and oxygen atoms in total. The Balaban J connectivity index is 2.19. The van der Waals surface area contributed by atoms with E-state index in [1.165, 1.54) is 24.3 Å². The number of benzene rings is 1. The molecule has 0 atom stereocenters. The first-order chi connectivity index (χ1) is 12.3. The van der Waals surface area contributed by atoms with Crippen LogP contribution in [0.5, 0.6) is 5.75 Å². The molecule has 1 aromatic heterocycles. The van der Waals surface area contributed by atoms with Crippen molar-refractivity contribution >= 4 is 11.6 Å². The summed E-state index contributed by atoms with van der Waals surface area (Å²) in [4.78, 5) is 36.4. The van der Waals surface area contributed by atoms with E-state index in [-0.39, 0.29) is 23.5 Å². The Morgan fingerprint density at radius 3 is 2.50 bits per heavy atom. The van der Waals surface area contributed by atoms with Crippen LogP contribution in [0, 0.1) is 11.3 Å². The largest absolute Gasteiger partial charge is 0.435 e. The zero-order valence-electron chi connectivity index (χ0n) is 13.6. The van der Waals surface area contributed by atoms with Crippen molar-refractivity contribution in [3.05, 3.63) is 56.9 Å². The van der Waals surface area contributed by atoms with Crippen LogP contribution in [-0.4, -0.2) is 21.7 Å². The van der Waals surface area contributed by atoms with Gasteiger partial charge in [-0.2, -0.15) is 14.0 Å². The molecule has 0 aliphatic heterocycles. The lowest BCUT2D eigenvalue weighted by atomic mass is 10.3. The minimum Gasteiger partial charge on any atom is -0.435 e. The number of nitrogens with zero attached hydrogens (tertiary/aromatic N) is 3. The molecular weight excluding hydrogens is 350 g/mol. The van der Waals surface area contributed by atoms with Crippen molar-refractivity contribution in [2.24, 2.45) is 0 Å². The van der Waals surface area contributed by atoms with E-state index in [9.17, 15) is 23.2 Å². The number of aryl methyl sites for hydroxylation is 1. The number of hydrogen-bond acceptors (Lipinski definition) is 5. The van der Waals surface area contributed by atoms with Crippen molar-refractivity contribution in [3.63, 3.8) is 0 Å². The van der Waals surface area contributed by atoms with Crippen LogP contribution in [0.25, 0.3) is 0 Å². The Morgan fingerprint density at radius 1 is 1.31 bits per heavy atom. The van der Waals surface area contributed by atoms with Crippen molar-refractivity contribution in [3.8, 4) is 11.8 Å². The molecule has 10 heteroatoms. The highest BCUT2D eigenvalue weighted by Crippen LogP contribution is 2.17. The normalized spacial score (nSPS) is 10.4. The third-order valence-electron chi connectivity index (χ3n) is 3.36. The number of nitriles is 1. The monoisotopic (exact) mass is 364 g/mol. The highest BCUT2D eigenvalue weighted by molar-refractivity contribution is 5.90. The summed E-state index contributed by atoms with van der Waals surface area (Å²) in [6.45, 7) is -1.68. The molecule has 0 aliphatic carbocycles. The van der Waals surface area contributed by atoms with Crippen molar-refractivity contribution in [2.75, 3.05) is 5.32 Å². The van der Waals surface area contributed by atoms with E-state index in [0.29, 0.717) is 4.57 Å². The average molecular weight is 364 g/mol. The molecule has 0 unspecified atom stereocenters. The van der Waals surface area contributed by atoms with Gasteiger partial charge in [0.25, 0.3) is 5.56 Å². The molecule has 1 heterocycles. The molecule has 1 N–H and O–H groups in total. The van der Waals surface area contributed by atoms with Crippen LogP contribution in [0.1, 0.15) is 12.5 Å². The Bertz CT molecular complexity index is 958. The Labute approximate surface area is 145 Å². The lowest BCUT2D eigenvalue weighted by molar-refractivity contribution is -0.116. The van der Waals surface area contributed by atoms with E-state index in [2.05, 4.69) is 10.1 Å². The Morgan fingerprint density at radius 2 is 1.96 bits per heavy atom. The molecule has 0 radical (unpaired) electrons. The van der Waals surface area contributed by atoms with Gasteiger partial charge in [-0.15, -0.1) is 0 Å². The molecule has 0 bridgehead atoms. The molecular formula is C16H14F2N4O4. The predicted molar refractivity (Wildman–Crippen MR) is 87.1 cm³/mol.